The Hall–Kier alpha value is -3.50. The highest BCUT2D eigenvalue weighted by molar-refractivity contribution is 7.12. The quantitative estimate of drug-likeness (QED) is 0.422. The standard InChI is InChI=1S/C18H18N2O2S.C7H10N2/c1-4-13-8-9-23-17(13)16(21)14(10-19)18(22)20-15-7-5-6-11(2)12(15)3;1-9(2)7-3-5-8-6-4-7/h5-9,14H,4H2,1-3H3,(H,20,22);3-6H,1-2H3. The van der Waals surface area contributed by atoms with Crippen LogP contribution >= 0.6 is 11.3 Å². The van der Waals surface area contributed by atoms with E-state index in [0.29, 0.717) is 17.0 Å². The fourth-order valence-electron chi connectivity index (χ4n) is 2.93. The van der Waals surface area contributed by atoms with Crippen LogP contribution < -0.4 is 10.2 Å². The molecule has 0 saturated carbocycles. The number of nitriles is 1. The lowest BCUT2D eigenvalue weighted by Crippen LogP contribution is -2.29. The van der Waals surface area contributed by atoms with Gasteiger partial charge in [-0.1, -0.05) is 19.1 Å². The first-order valence-electron chi connectivity index (χ1n) is 10.2. The molecule has 0 saturated heterocycles. The Morgan fingerprint density at radius 3 is 2.41 bits per heavy atom. The van der Waals surface area contributed by atoms with E-state index in [1.54, 1.807) is 18.5 Å². The van der Waals surface area contributed by atoms with Crippen molar-refractivity contribution in [3.63, 3.8) is 0 Å². The minimum Gasteiger partial charge on any atom is -0.378 e. The van der Waals surface area contributed by atoms with Crippen molar-refractivity contribution < 1.29 is 9.59 Å². The molecule has 0 radical (unpaired) electrons. The molecule has 2 aromatic heterocycles. The molecule has 3 rings (SSSR count). The summed E-state index contributed by atoms with van der Waals surface area (Å²) in [5, 5.41) is 13.8. The minimum absolute atomic E-state index is 0.429. The number of amides is 1. The molecule has 1 N–H and O–H groups in total. The van der Waals surface area contributed by atoms with Crippen molar-refractivity contribution in [2.75, 3.05) is 24.3 Å². The number of nitrogens with zero attached hydrogens (tertiary/aromatic N) is 3. The zero-order valence-electron chi connectivity index (χ0n) is 19.0. The number of hydrogen-bond donors (Lipinski definition) is 1. The van der Waals surface area contributed by atoms with Crippen LogP contribution in [0.25, 0.3) is 0 Å². The molecule has 1 amide bonds. The number of carbonyl (C=O) groups is 2. The summed E-state index contributed by atoms with van der Waals surface area (Å²) >= 11 is 1.27. The minimum atomic E-state index is -1.33. The smallest absolute Gasteiger partial charge is 0.249 e. The number of aryl methyl sites for hydroxylation is 2. The van der Waals surface area contributed by atoms with Crippen LogP contribution in [-0.2, 0) is 11.2 Å². The third kappa shape index (κ3) is 6.25. The van der Waals surface area contributed by atoms with Crippen molar-refractivity contribution in [2.24, 2.45) is 5.92 Å². The van der Waals surface area contributed by atoms with Crippen LogP contribution in [0.2, 0.25) is 0 Å². The van der Waals surface area contributed by atoms with E-state index >= 15 is 0 Å². The molecule has 0 fully saturated rings. The molecule has 0 aliphatic rings. The average Bonchev–Trinajstić information content (AvgIpc) is 3.27. The number of anilines is 2. The van der Waals surface area contributed by atoms with Gasteiger partial charge in [0, 0.05) is 37.9 Å². The van der Waals surface area contributed by atoms with Crippen LogP contribution in [0.1, 0.15) is 33.3 Å². The zero-order chi connectivity index (χ0) is 23.7. The van der Waals surface area contributed by atoms with Gasteiger partial charge in [-0.2, -0.15) is 5.26 Å². The van der Waals surface area contributed by atoms with E-state index in [1.807, 2.05) is 81.5 Å². The van der Waals surface area contributed by atoms with Crippen LogP contribution in [0.4, 0.5) is 11.4 Å². The summed E-state index contributed by atoms with van der Waals surface area (Å²) in [4.78, 5) is 31.4. The molecule has 166 valence electrons. The molecule has 1 aromatic carbocycles. The van der Waals surface area contributed by atoms with Crippen molar-refractivity contribution in [3.05, 3.63) is 75.7 Å². The van der Waals surface area contributed by atoms with Crippen LogP contribution in [0, 0.1) is 31.1 Å². The molecule has 1 unspecified atom stereocenters. The molecule has 0 aliphatic carbocycles. The monoisotopic (exact) mass is 448 g/mol. The Balaban J connectivity index is 0.000000336. The van der Waals surface area contributed by atoms with E-state index in [1.165, 1.54) is 17.0 Å². The largest absolute Gasteiger partial charge is 0.378 e. The average molecular weight is 449 g/mol. The van der Waals surface area contributed by atoms with E-state index in [-0.39, 0.29) is 0 Å². The Kier molecular flexibility index (Phi) is 9.11. The lowest BCUT2D eigenvalue weighted by atomic mass is 10.00. The number of Topliss-reactive ketones (excluding diaryl/α,β-unsaturated/α-hetero) is 1. The van der Waals surface area contributed by atoms with Crippen LogP contribution in [0.15, 0.2) is 54.2 Å². The van der Waals surface area contributed by atoms with E-state index < -0.39 is 17.6 Å². The molecule has 0 spiro atoms. The molecule has 1 atom stereocenters. The maximum atomic E-state index is 12.5. The lowest BCUT2D eigenvalue weighted by Gasteiger charge is -2.13. The molecule has 32 heavy (non-hydrogen) atoms. The van der Waals surface area contributed by atoms with Crippen molar-refractivity contribution >= 4 is 34.4 Å². The summed E-state index contributed by atoms with van der Waals surface area (Å²) in [6.45, 7) is 5.77. The Morgan fingerprint density at radius 2 is 1.84 bits per heavy atom. The fraction of sp³-hybridized carbons (Fsp3) is 0.280. The number of carbonyl (C=O) groups excluding carboxylic acids is 2. The fourth-order valence-corrected chi connectivity index (χ4v) is 3.90. The third-order valence-corrected chi connectivity index (χ3v) is 6.02. The number of rotatable bonds is 6. The van der Waals surface area contributed by atoms with Gasteiger partial charge in [0.05, 0.1) is 10.9 Å². The number of pyridine rings is 1. The highest BCUT2D eigenvalue weighted by atomic mass is 32.1. The highest BCUT2D eigenvalue weighted by Crippen LogP contribution is 2.23. The summed E-state index contributed by atoms with van der Waals surface area (Å²) < 4.78 is 0. The molecule has 7 heteroatoms. The second-order valence-electron chi connectivity index (χ2n) is 7.39. The summed E-state index contributed by atoms with van der Waals surface area (Å²) in [7, 11) is 4.02. The maximum absolute atomic E-state index is 12.5. The lowest BCUT2D eigenvalue weighted by molar-refractivity contribution is -0.117. The molecule has 3 aromatic rings. The first kappa shape index (κ1) is 24.8. The van der Waals surface area contributed by atoms with E-state index in [0.717, 1.165) is 16.7 Å². The predicted molar refractivity (Wildman–Crippen MR) is 130 cm³/mol. The normalized spacial score (nSPS) is 10.9. The van der Waals surface area contributed by atoms with Crippen LogP contribution in [0.5, 0.6) is 0 Å². The molecule has 0 bridgehead atoms. The molecule has 6 nitrogen and oxygen atoms in total. The topological polar surface area (TPSA) is 86.1 Å². The predicted octanol–water partition coefficient (Wildman–Crippen LogP) is 5.04. The van der Waals surface area contributed by atoms with E-state index in [4.69, 9.17) is 0 Å². The first-order valence-corrected chi connectivity index (χ1v) is 11.1. The van der Waals surface area contributed by atoms with Gasteiger partial charge in [0.15, 0.2) is 11.7 Å². The highest BCUT2D eigenvalue weighted by Gasteiger charge is 2.30. The van der Waals surface area contributed by atoms with Crippen molar-refractivity contribution in [3.8, 4) is 6.07 Å². The molecular weight excluding hydrogens is 420 g/mol. The maximum Gasteiger partial charge on any atom is 0.249 e. The van der Waals surface area contributed by atoms with E-state index in [2.05, 4.69) is 10.3 Å². The van der Waals surface area contributed by atoms with Gasteiger partial charge in [-0.05, 0) is 66.6 Å². The summed E-state index contributed by atoms with van der Waals surface area (Å²) in [5.41, 5.74) is 4.65. The van der Waals surface area contributed by atoms with Gasteiger partial charge in [-0.3, -0.25) is 14.6 Å². The van der Waals surface area contributed by atoms with Gasteiger partial charge in [-0.25, -0.2) is 0 Å². The van der Waals surface area contributed by atoms with Gasteiger partial charge >= 0.3 is 0 Å². The summed E-state index contributed by atoms with van der Waals surface area (Å²) in [6, 6.07) is 13.2. The Morgan fingerprint density at radius 1 is 1.16 bits per heavy atom. The van der Waals surface area contributed by atoms with Crippen molar-refractivity contribution in [1.82, 2.24) is 4.98 Å². The first-order chi connectivity index (χ1) is 15.3. The van der Waals surface area contributed by atoms with Gasteiger partial charge in [0.2, 0.25) is 5.91 Å². The number of hydrogen-bond acceptors (Lipinski definition) is 6. The second-order valence-corrected chi connectivity index (χ2v) is 8.31. The summed E-state index contributed by atoms with van der Waals surface area (Å²) in [6.07, 6.45) is 4.27. The molecule has 2 heterocycles. The second kappa shape index (κ2) is 11.8. The van der Waals surface area contributed by atoms with E-state index in [9.17, 15) is 14.9 Å². The van der Waals surface area contributed by atoms with Crippen LogP contribution in [-0.4, -0.2) is 30.8 Å². The number of aromatic nitrogens is 1. The zero-order valence-corrected chi connectivity index (χ0v) is 19.9. The summed E-state index contributed by atoms with van der Waals surface area (Å²) in [5.74, 6) is -2.34. The Labute approximate surface area is 193 Å². The SMILES string of the molecule is CCc1ccsc1C(=O)C(C#N)C(=O)Nc1cccc(C)c1C.CN(C)c1ccncc1. The van der Waals surface area contributed by atoms with Crippen molar-refractivity contribution in [1.29, 1.82) is 5.26 Å². The number of thiophene rings is 1. The Bertz CT molecular complexity index is 1100. The third-order valence-electron chi connectivity index (χ3n) is 5.05. The molecular formula is C25H28N4O2S. The number of nitrogens with one attached hydrogen (secondary N) is 1. The van der Waals surface area contributed by atoms with Crippen molar-refractivity contribution in [2.45, 2.75) is 27.2 Å². The van der Waals surface area contributed by atoms with Crippen LogP contribution in [0.3, 0.4) is 0 Å². The number of ketones is 1. The molecule has 0 aliphatic heterocycles. The van der Waals surface area contributed by atoms with Gasteiger partial charge < -0.3 is 10.2 Å². The van der Waals surface area contributed by atoms with Gasteiger partial charge in [0.1, 0.15) is 0 Å². The van der Waals surface area contributed by atoms with Gasteiger partial charge in [-0.15, -0.1) is 11.3 Å². The van der Waals surface area contributed by atoms with Gasteiger partial charge in [0.25, 0.3) is 0 Å². The number of benzene rings is 1.